The van der Waals surface area contributed by atoms with Crippen molar-refractivity contribution < 1.29 is 19.9 Å². The second-order valence-electron chi connectivity index (χ2n) is 8.05. The molecule has 0 saturated heterocycles. The second kappa shape index (κ2) is 9.65. The Hall–Kier alpha value is -2.74. The van der Waals surface area contributed by atoms with E-state index in [0.29, 0.717) is 5.56 Å². The van der Waals surface area contributed by atoms with Crippen molar-refractivity contribution in [2.24, 2.45) is 0 Å². The number of rotatable bonds is 7. The molecule has 2 aromatic carbocycles. The Bertz CT molecular complexity index is 825. The van der Waals surface area contributed by atoms with Crippen LogP contribution in [0.3, 0.4) is 0 Å². The summed E-state index contributed by atoms with van der Waals surface area (Å²) < 4.78 is 0. The van der Waals surface area contributed by atoms with Crippen LogP contribution in [0.2, 0.25) is 0 Å². The molecule has 0 aliphatic heterocycles. The summed E-state index contributed by atoms with van der Waals surface area (Å²) in [4.78, 5) is 23.9. The smallest absolute Gasteiger partial charge is 0.268 e. The lowest BCUT2D eigenvalue weighted by Crippen LogP contribution is -2.51. The molecule has 0 aliphatic rings. The van der Waals surface area contributed by atoms with E-state index in [1.807, 2.05) is 24.3 Å². The highest BCUT2D eigenvalue weighted by atomic mass is 16.5. The molecule has 7 nitrogen and oxygen atoms in total. The number of aliphatic hydroxyl groups is 1. The van der Waals surface area contributed by atoms with Gasteiger partial charge >= 0.3 is 0 Å². The van der Waals surface area contributed by atoms with Gasteiger partial charge in [-0.1, -0.05) is 36.4 Å². The molecule has 0 aromatic heterocycles. The maximum atomic E-state index is 12.3. The molecule has 0 aliphatic carbocycles. The first-order valence-corrected chi connectivity index (χ1v) is 9.48. The molecule has 0 saturated carbocycles. The summed E-state index contributed by atoms with van der Waals surface area (Å²) in [5.74, 6) is -1.40. The van der Waals surface area contributed by atoms with Crippen molar-refractivity contribution in [3.63, 3.8) is 0 Å². The molecule has 0 radical (unpaired) electrons. The third kappa shape index (κ3) is 6.67. The zero-order valence-corrected chi connectivity index (χ0v) is 17.2. The first-order chi connectivity index (χ1) is 13.6. The predicted octanol–water partition coefficient (Wildman–Crippen LogP) is 2.23. The molecular weight excluding hydrogens is 370 g/mol. The standard InChI is InChI=1S/C22H29N3O4/c1-14(26)19(21(28)25-29)24-20(27)18-11-9-17(10-12-18)16-7-5-15(6-8-16)13-23-22(2,3)4/h5-12,14,19,23,26,29H,13H2,1-4H3,(H,24,27)(H,25,28)/t14-,19+/m1/s1. The average Bonchev–Trinajstić information content (AvgIpc) is 2.69. The van der Waals surface area contributed by atoms with Crippen LogP contribution < -0.4 is 16.1 Å². The quantitative estimate of drug-likeness (QED) is 0.362. The zero-order valence-electron chi connectivity index (χ0n) is 17.2. The van der Waals surface area contributed by atoms with E-state index in [2.05, 4.69) is 43.5 Å². The topological polar surface area (TPSA) is 111 Å². The third-order valence-electron chi connectivity index (χ3n) is 4.42. The number of nitrogens with one attached hydrogen (secondary N) is 3. The van der Waals surface area contributed by atoms with E-state index in [9.17, 15) is 14.7 Å². The van der Waals surface area contributed by atoms with Crippen LogP contribution in [0.15, 0.2) is 48.5 Å². The van der Waals surface area contributed by atoms with Gasteiger partial charge in [0.25, 0.3) is 11.8 Å². The largest absolute Gasteiger partial charge is 0.391 e. The van der Waals surface area contributed by atoms with Crippen LogP contribution in [0.1, 0.15) is 43.6 Å². The molecule has 0 unspecified atom stereocenters. The van der Waals surface area contributed by atoms with Crippen LogP contribution in [-0.4, -0.2) is 39.8 Å². The number of carbonyl (C=O) groups excluding carboxylic acids is 2. The number of hydrogen-bond acceptors (Lipinski definition) is 5. The maximum Gasteiger partial charge on any atom is 0.268 e. The molecule has 0 bridgehead atoms. The van der Waals surface area contributed by atoms with Gasteiger partial charge in [-0.25, -0.2) is 5.48 Å². The van der Waals surface area contributed by atoms with Gasteiger partial charge in [0.15, 0.2) is 0 Å². The van der Waals surface area contributed by atoms with E-state index < -0.39 is 24.0 Å². The Kier molecular flexibility index (Phi) is 7.50. The number of amides is 2. The Morgan fingerprint density at radius 3 is 1.93 bits per heavy atom. The summed E-state index contributed by atoms with van der Waals surface area (Å²) in [6.07, 6.45) is -1.16. The van der Waals surface area contributed by atoms with Crippen molar-refractivity contribution in [1.29, 1.82) is 0 Å². The Morgan fingerprint density at radius 1 is 0.966 bits per heavy atom. The summed E-state index contributed by atoms with van der Waals surface area (Å²) in [7, 11) is 0. The molecule has 0 heterocycles. The van der Waals surface area contributed by atoms with Gasteiger partial charge in [0.1, 0.15) is 6.04 Å². The van der Waals surface area contributed by atoms with E-state index in [-0.39, 0.29) is 5.54 Å². The van der Waals surface area contributed by atoms with Crippen LogP contribution >= 0.6 is 0 Å². The van der Waals surface area contributed by atoms with Gasteiger partial charge in [-0.05, 0) is 56.5 Å². The Morgan fingerprint density at radius 2 is 1.48 bits per heavy atom. The fraction of sp³-hybridized carbons (Fsp3) is 0.364. The minimum absolute atomic E-state index is 0.0553. The summed E-state index contributed by atoms with van der Waals surface area (Å²) in [5, 5.41) is 24.2. The summed E-state index contributed by atoms with van der Waals surface area (Å²) in [6.45, 7) is 8.51. The number of benzene rings is 2. The van der Waals surface area contributed by atoms with Gasteiger partial charge < -0.3 is 15.7 Å². The number of carbonyl (C=O) groups is 2. The molecule has 2 amide bonds. The molecule has 0 fully saturated rings. The Balaban J connectivity index is 2.06. The van der Waals surface area contributed by atoms with Crippen LogP contribution in [-0.2, 0) is 11.3 Å². The van der Waals surface area contributed by atoms with E-state index in [1.165, 1.54) is 18.0 Å². The van der Waals surface area contributed by atoms with E-state index >= 15 is 0 Å². The summed E-state index contributed by atoms with van der Waals surface area (Å²) in [5.41, 5.74) is 5.00. The number of aliphatic hydroxyl groups excluding tert-OH is 1. The molecule has 29 heavy (non-hydrogen) atoms. The van der Waals surface area contributed by atoms with Crippen molar-refractivity contribution in [3.8, 4) is 11.1 Å². The zero-order chi connectivity index (χ0) is 21.6. The summed E-state index contributed by atoms with van der Waals surface area (Å²) >= 11 is 0. The van der Waals surface area contributed by atoms with Gasteiger partial charge in [0, 0.05) is 17.6 Å². The molecule has 0 spiro atoms. The first kappa shape index (κ1) is 22.5. The van der Waals surface area contributed by atoms with Crippen LogP contribution in [0.25, 0.3) is 11.1 Å². The van der Waals surface area contributed by atoms with Crippen LogP contribution in [0.5, 0.6) is 0 Å². The normalized spacial score (nSPS) is 13.4. The van der Waals surface area contributed by atoms with Crippen molar-refractivity contribution in [2.45, 2.75) is 51.9 Å². The monoisotopic (exact) mass is 399 g/mol. The van der Waals surface area contributed by atoms with E-state index in [0.717, 1.165) is 17.7 Å². The fourth-order valence-corrected chi connectivity index (χ4v) is 2.70. The van der Waals surface area contributed by atoms with Crippen LogP contribution in [0.4, 0.5) is 0 Å². The number of hydrogen-bond donors (Lipinski definition) is 5. The van der Waals surface area contributed by atoms with Crippen molar-refractivity contribution >= 4 is 11.8 Å². The van der Waals surface area contributed by atoms with Crippen molar-refractivity contribution in [2.75, 3.05) is 0 Å². The van der Waals surface area contributed by atoms with Gasteiger partial charge in [0.05, 0.1) is 6.10 Å². The average molecular weight is 399 g/mol. The highest BCUT2D eigenvalue weighted by Crippen LogP contribution is 2.21. The van der Waals surface area contributed by atoms with Crippen LogP contribution in [0, 0.1) is 0 Å². The lowest BCUT2D eigenvalue weighted by atomic mass is 10.0. The van der Waals surface area contributed by atoms with Gasteiger partial charge in [-0.15, -0.1) is 0 Å². The summed E-state index contributed by atoms with van der Waals surface area (Å²) in [6, 6.07) is 13.9. The fourth-order valence-electron chi connectivity index (χ4n) is 2.70. The van der Waals surface area contributed by atoms with Gasteiger partial charge in [-0.2, -0.15) is 0 Å². The predicted molar refractivity (Wildman–Crippen MR) is 111 cm³/mol. The van der Waals surface area contributed by atoms with Gasteiger partial charge in [0.2, 0.25) is 0 Å². The highest BCUT2D eigenvalue weighted by Gasteiger charge is 2.25. The van der Waals surface area contributed by atoms with E-state index in [4.69, 9.17) is 5.21 Å². The molecule has 2 rings (SSSR count). The third-order valence-corrected chi connectivity index (χ3v) is 4.42. The first-order valence-electron chi connectivity index (χ1n) is 9.48. The molecule has 5 N–H and O–H groups in total. The van der Waals surface area contributed by atoms with E-state index in [1.54, 1.807) is 12.1 Å². The SMILES string of the molecule is C[C@@H](O)[C@H](NC(=O)c1ccc(-c2ccc(CNC(C)(C)C)cc2)cc1)C(=O)NO. The molecular formula is C22H29N3O4. The van der Waals surface area contributed by atoms with Crippen molar-refractivity contribution in [1.82, 2.24) is 16.1 Å². The highest BCUT2D eigenvalue weighted by molar-refractivity contribution is 5.97. The Labute approximate surface area is 171 Å². The molecule has 2 aromatic rings. The molecule has 2 atom stereocenters. The lowest BCUT2D eigenvalue weighted by molar-refractivity contribution is -0.133. The lowest BCUT2D eigenvalue weighted by Gasteiger charge is -2.20. The maximum absolute atomic E-state index is 12.3. The van der Waals surface area contributed by atoms with Gasteiger partial charge in [-0.3, -0.25) is 14.8 Å². The minimum Gasteiger partial charge on any atom is -0.391 e. The molecule has 7 heteroatoms. The van der Waals surface area contributed by atoms with Crippen molar-refractivity contribution in [3.05, 3.63) is 59.7 Å². The second-order valence-corrected chi connectivity index (χ2v) is 8.05. The number of hydroxylamine groups is 1. The molecule has 156 valence electrons. The minimum atomic E-state index is -1.25.